The fourth-order valence-electron chi connectivity index (χ4n) is 2.59. The molecule has 2 aromatic carbocycles. The number of carbonyl (C=O) groups excluding carboxylic acids is 1. The largest absolute Gasteiger partial charge is 0.489 e. The third kappa shape index (κ3) is 4.29. The minimum absolute atomic E-state index is 0.0234. The summed E-state index contributed by atoms with van der Waals surface area (Å²) >= 11 is 0. The number of carbonyl (C=O) groups is 1. The summed E-state index contributed by atoms with van der Waals surface area (Å²) in [4.78, 5) is 12.1. The lowest BCUT2D eigenvalue weighted by molar-refractivity contribution is -0.117. The van der Waals surface area contributed by atoms with Crippen LogP contribution in [0, 0.1) is 5.82 Å². The molecular formula is C18H19FN2O2. The number of amides is 1. The Kier molecular flexibility index (Phi) is 4.88. The fourth-order valence-corrected chi connectivity index (χ4v) is 2.59. The van der Waals surface area contributed by atoms with Gasteiger partial charge in [-0.25, -0.2) is 4.39 Å². The van der Waals surface area contributed by atoms with Crippen molar-refractivity contribution in [1.82, 2.24) is 5.32 Å². The molecule has 2 N–H and O–H groups in total. The molecule has 1 heterocycles. The smallest absolute Gasteiger partial charge is 0.241 e. The Bertz CT molecular complexity index is 684. The number of hydrogen-bond donors (Lipinski definition) is 2. The molecule has 4 nitrogen and oxygen atoms in total. The van der Waals surface area contributed by atoms with Crippen LogP contribution in [-0.4, -0.2) is 18.5 Å². The Morgan fingerprint density at radius 3 is 2.91 bits per heavy atom. The van der Waals surface area contributed by atoms with Gasteiger partial charge in [-0.2, -0.15) is 0 Å². The van der Waals surface area contributed by atoms with E-state index in [1.165, 1.54) is 12.1 Å². The summed E-state index contributed by atoms with van der Waals surface area (Å²) in [5.41, 5.74) is 1.45. The van der Waals surface area contributed by atoms with Gasteiger partial charge in [0.1, 0.15) is 18.2 Å². The fraction of sp³-hybridized carbons (Fsp3) is 0.278. The summed E-state index contributed by atoms with van der Waals surface area (Å²) < 4.78 is 18.8. The molecule has 1 amide bonds. The van der Waals surface area contributed by atoms with E-state index < -0.39 is 0 Å². The van der Waals surface area contributed by atoms with Crippen LogP contribution in [0.4, 0.5) is 10.1 Å². The van der Waals surface area contributed by atoms with Crippen LogP contribution >= 0.6 is 0 Å². The number of anilines is 1. The van der Waals surface area contributed by atoms with Crippen molar-refractivity contribution in [3.63, 3.8) is 0 Å². The van der Waals surface area contributed by atoms with E-state index in [0.29, 0.717) is 11.4 Å². The van der Waals surface area contributed by atoms with Crippen molar-refractivity contribution in [2.75, 3.05) is 11.9 Å². The lowest BCUT2D eigenvalue weighted by Crippen LogP contribution is -2.35. The molecule has 0 radical (unpaired) electrons. The number of benzene rings is 2. The zero-order valence-electron chi connectivity index (χ0n) is 12.7. The van der Waals surface area contributed by atoms with Crippen LogP contribution in [0.15, 0.2) is 48.5 Å². The Morgan fingerprint density at radius 1 is 1.26 bits per heavy atom. The van der Waals surface area contributed by atoms with Gasteiger partial charge in [-0.05, 0) is 49.2 Å². The molecule has 0 aliphatic carbocycles. The molecule has 0 saturated carbocycles. The lowest BCUT2D eigenvalue weighted by Gasteiger charge is -2.12. The van der Waals surface area contributed by atoms with E-state index in [0.717, 1.165) is 24.9 Å². The summed E-state index contributed by atoms with van der Waals surface area (Å²) in [7, 11) is 0. The molecular weight excluding hydrogens is 295 g/mol. The Balaban J connectivity index is 1.59. The van der Waals surface area contributed by atoms with Crippen molar-refractivity contribution in [2.45, 2.75) is 25.5 Å². The standard InChI is InChI=1S/C18H19FN2O2/c19-14-5-1-4-13(10-14)12-23-16-7-2-6-15(11-16)21-18(22)17-8-3-9-20-17/h1-2,4-7,10-11,17,20H,3,8-9,12H2,(H,21,22)/t17-/m1/s1. The molecule has 23 heavy (non-hydrogen) atoms. The molecule has 1 atom stereocenters. The molecule has 0 spiro atoms. The SMILES string of the molecule is O=C(Nc1cccc(OCc2cccc(F)c2)c1)[C@H]1CCCN1. The summed E-state index contributed by atoms with van der Waals surface area (Å²) in [5.74, 6) is 0.326. The first-order valence-corrected chi connectivity index (χ1v) is 7.72. The normalized spacial score (nSPS) is 17.0. The maximum atomic E-state index is 13.1. The van der Waals surface area contributed by atoms with Crippen LogP contribution in [-0.2, 0) is 11.4 Å². The van der Waals surface area contributed by atoms with Crippen molar-refractivity contribution in [2.24, 2.45) is 0 Å². The van der Waals surface area contributed by atoms with Gasteiger partial charge in [-0.15, -0.1) is 0 Å². The summed E-state index contributed by atoms with van der Waals surface area (Å²) in [6.45, 7) is 1.16. The second kappa shape index (κ2) is 7.24. The summed E-state index contributed by atoms with van der Waals surface area (Å²) in [6.07, 6.45) is 1.89. The second-order valence-electron chi connectivity index (χ2n) is 5.58. The average Bonchev–Trinajstić information content (AvgIpc) is 3.08. The highest BCUT2D eigenvalue weighted by atomic mass is 19.1. The summed E-state index contributed by atoms with van der Waals surface area (Å²) in [5, 5.41) is 6.05. The van der Waals surface area contributed by atoms with Gasteiger partial charge in [0.25, 0.3) is 0 Å². The van der Waals surface area contributed by atoms with E-state index >= 15 is 0 Å². The maximum absolute atomic E-state index is 13.1. The molecule has 120 valence electrons. The van der Waals surface area contributed by atoms with E-state index in [1.54, 1.807) is 18.2 Å². The maximum Gasteiger partial charge on any atom is 0.241 e. The highest BCUT2D eigenvalue weighted by Gasteiger charge is 2.21. The van der Waals surface area contributed by atoms with Crippen LogP contribution in [0.3, 0.4) is 0 Å². The minimum atomic E-state index is -0.281. The van der Waals surface area contributed by atoms with Gasteiger partial charge >= 0.3 is 0 Å². The molecule has 0 unspecified atom stereocenters. The monoisotopic (exact) mass is 314 g/mol. The number of rotatable bonds is 5. The first-order valence-electron chi connectivity index (χ1n) is 7.72. The van der Waals surface area contributed by atoms with Crippen molar-refractivity contribution >= 4 is 11.6 Å². The summed E-state index contributed by atoms with van der Waals surface area (Å²) in [6, 6.07) is 13.4. The predicted molar refractivity (Wildman–Crippen MR) is 86.8 cm³/mol. The molecule has 1 saturated heterocycles. The predicted octanol–water partition coefficient (Wildman–Crippen LogP) is 3.10. The van der Waals surface area contributed by atoms with Gasteiger partial charge in [-0.1, -0.05) is 18.2 Å². The Hall–Kier alpha value is -2.40. The van der Waals surface area contributed by atoms with Gasteiger partial charge in [0.2, 0.25) is 5.91 Å². The van der Waals surface area contributed by atoms with E-state index in [4.69, 9.17) is 4.74 Å². The van der Waals surface area contributed by atoms with Crippen molar-refractivity contribution in [3.05, 3.63) is 59.9 Å². The van der Waals surface area contributed by atoms with E-state index in [9.17, 15) is 9.18 Å². The molecule has 1 aliphatic heterocycles. The number of ether oxygens (including phenoxy) is 1. The van der Waals surface area contributed by atoms with Crippen LogP contribution in [0.5, 0.6) is 5.75 Å². The number of hydrogen-bond acceptors (Lipinski definition) is 3. The van der Waals surface area contributed by atoms with E-state index in [2.05, 4.69) is 10.6 Å². The lowest BCUT2D eigenvalue weighted by atomic mass is 10.2. The molecule has 1 aliphatic rings. The highest BCUT2D eigenvalue weighted by molar-refractivity contribution is 5.95. The number of nitrogens with one attached hydrogen (secondary N) is 2. The zero-order chi connectivity index (χ0) is 16.1. The molecule has 2 aromatic rings. The van der Waals surface area contributed by atoms with Gasteiger partial charge < -0.3 is 15.4 Å². The quantitative estimate of drug-likeness (QED) is 0.891. The van der Waals surface area contributed by atoms with Crippen LogP contribution in [0.1, 0.15) is 18.4 Å². The third-order valence-corrected chi connectivity index (χ3v) is 3.77. The Labute approximate surface area is 134 Å². The van der Waals surface area contributed by atoms with Crippen LogP contribution in [0.2, 0.25) is 0 Å². The van der Waals surface area contributed by atoms with E-state index in [1.807, 2.05) is 18.2 Å². The Morgan fingerprint density at radius 2 is 2.13 bits per heavy atom. The number of halogens is 1. The topological polar surface area (TPSA) is 50.4 Å². The third-order valence-electron chi connectivity index (χ3n) is 3.77. The van der Waals surface area contributed by atoms with Crippen LogP contribution in [0.25, 0.3) is 0 Å². The van der Waals surface area contributed by atoms with Crippen molar-refractivity contribution < 1.29 is 13.9 Å². The molecule has 1 fully saturated rings. The average molecular weight is 314 g/mol. The van der Waals surface area contributed by atoms with Gasteiger partial charge in [0.15, 0.2) is 0 Å². The van der Waals surface area contributed by atoms with Gasteiger partial charge in [0, 0.05) is 11.8 Å². The first-order chi connectivity index (χ1) is 11.2. The first kappa shape index (κ1) is 15.5. The van der Waals surface area contributed by atoms with Gasteiger partial charge in [-0.3, -0.25) is 4.79 Å². The van der Waals surface area contributed by atoms with Crippen molar-refractivity contribution in [1.29, 1.82) is 0 Å². The van der Waals surface area contributed by atoms with Crippen LogP contribution < -0.4 is 15.4 Å². The molecule has 5 heteroatoms. The second-order valence-corrected chi connectivity index (χ2v) is 5.58. The highest BCUT2D eigenvalue weighted by Crippen LogP contribution is 2.19. The van der Waals surface area contributed by atoms with Gasteiger partial charge in [0.05, 0.1) is 6.04 Å². The van der Waals surface area contributed by atoms with Crippen molar-refractivity contribution in [3.8, 4) is 5.75 Å². The van der Waals surface area contributed by atoms with E-state index in [-0.39, 0.29) is 24.4 Å². The molecule has 0 bridgehead atoms. The minimum Gasteiger partial charge on any atom is -0.489 e. The molecule has 0 aromatic heterocycles. The molecule has 3 rings (SSSR count). The zero-order valence-corrected chi connectivity index (χ0v) is 12.7.